The molecule has 4 nitrogen and oxygen atoms in total. The second-order valence-electron chi connectivity index (χ2n) is 5.42. The van der Waals surface area contributed by atoms with Crippen molar-refractivity contribution in [3.8, 4) is 0 Å². The van der Waals surface area contributed by atoms with Crippen molar-refractivity contribution >= 4 is 11.6 Å². The van der Waals surface area contributed by atoms with Crippen LogP contribution in [0, 0.1) is 5.82 Å². The van der Waals surface area contributed by atoms with E-state index in [0.717, 1.165) is 0 Å². The maximum absolute atomic E-state index is 14.1. The Morgan fingerprint density at radius 2 is 2.15 bits per heavy atom. The molecule has 1 aromatic carbocycles. The van der Waals surface area contributed by atoms with Gasteiger partial charge in [-0.25, -0.2) is 4.39 Å². The summed E-state index contributed by atoms with van der Waals surface area (Å²) in [6.07, 6.45) is 0.383. The van der Waals surface area contributed by atoms with Crippen molar-refractivity contribution in [1.29, 1.82) is 0 Å². The number of aliphatic hydroxyl groups is 1. The Morgan fingerprint density at radius 3 is 2.80 bits per heavy atom. The van der Waals surface area contributed by atoms with Gasteiger partial charge in [0.05, 0.1) is 17.4 Å². The van der Waals surface area contributed by atoms with Crippen molar-refractivity contribution in [2.75, 3.05) is 5.32 Å². The number of halogens is 1. The van der Waals surface area contributed by atoms with Gasteiger partial charge in [-0.15, -0.1) is 0 Å². The standard InChI is InChI=1S/C15H14FNO3/c1-15(2)9-6-8(13(18)11-4-3-5-20-11)7-10(16)12(9)17-14(15)19/h3-7,13,18H,1-2H3,(H,17,19). The third kappa shape index (κ3) is 1.74. The van der Waals surface area contributed by atoms with Crippen LogP contribution in [0.4, 0.5) is 10.1 Å². The van der Waals surface area contributed by atoms with Crippen molar-refractivity contribution < 1.29 is 18.7 Å². The van der Waals surface area contributed by atoms with Crippen LogP contribution in [0.3, 0.4) is 0 Å². The molecule has 0 radical (unpaired) electrons. The molecule has 1 unspecified atom stereocenters. The highest BCUT2D eigenvalue weighted by atomic mass is 19.1. The van der Waals surface area contributed by atoms with E-state index in [1.807, 2.05) is 0 Å². The molecule has 0 fully saturated rings. The molecule has 5 heteroatoms. The van der Waals surface area contributed by atoms with E-state index >= 15 is 0 Å². The van der Waals surface area contributed by atoms with Crippen LogP contribution in [0.25, 0.3) is 0 Å². The molecule has 1 atom stereocenters. The number of furan rings is 1. The second kappa shape index (κ2) is 4.18. The molecule has 1 aliphatic heterocycles. The highest BCUT2D eigenvalue weighted by Gasteiger charge is 2.40. The number of amides is 1. The summed E-state index contributed by atoms with van der Waals surface area (Å²) in [6.45, 7) is 3.44. The molecule has 0 bridgehead atoms. The molecular weight excluding hydrogens is 261 g/mol. The summed E-state index contributed by atoms with van der Waals surface area (Å²) in [6, 6.07) is 6.12. The number of anilines is 1. The first kappa shape index (κ1) is 12.9. The van der Waals surface area contributed by atoms with E-state index in [-0.39, 0.29) is 11.6 Å². The van der Waals surface area contributed by atoms with Crippen molar-refractivity contribution in [3.63, 3.8) is 0 Å². The Morgan fingerprint density at radius 1 is 1.40 bits per heavy atom. The van der Waals surface area contributed by atoms with E-state index in [9.17, 15) is 14.3 Å². The number of benzene rings is 1. The fourth-order valence-corrected chi connectivity index (χ4v) is 2.41. The number of hydrogen-bond acceptors (Lipinski definition) is 3. The molecule has 0 spiro atoms. The zero-order valence-electron chi connectivity index (χ0n) is 11.1. The van der Waals surface area contributed by atoms with Crippen LogP contribution in [0.1, 0.15) is 36.8 Å². The molecule has 3 rings (SSSR count). The highest BCUT2D eigenvalue weighted by molar-refractivity contribution is 6.05. The summed E-state index contributed by atoms with van der Waals surface area (Å²) in [7, 11) is 0. The maximum atomic E-state index is 14.1. The van der Waals surface area contributed by atoms with E-state index in [4.69, 9.17) is 4.42 Å². The Bertz CT molecular complexity index is 677. The fourth-order valence-electron chi connectivity index (χ4n) is 2.41. The van der Waals surface area contributed by atoms with Crippen LogP contribution >= 0.6 is 0 Å². The monoisotopic (exact) mass is 275 g/mol. The zero-order chi connectivity index (χ0) is 14.5. The molecular formula is C15H14FNO3. The minimum atomic E-state index is -1.06. The normalized spacial score (nSPS) is 17.7. The van der Waals surface area contributed by atoms with E-state index < -0.39 is 17.3 Å². The topological polar surface area (TPSA) is 62.5 Å². The van der Waals surface area contributed by atoms with Crippen LogP contribution < -0.4 is 5.32 Å². The first-order valence-corrected chi connectivity index (χ1v) is 6.28. The van der Waals surface area contributed by atoms with Gasteiger partial charge >= 0.3 is 0 Å². The molecule has 104 valence electrons. The molecule has 0 saturated carbocycles. The van der Waals surface area contributed by atoms with E-state index in [1.54, 1.807) is 32.0 Å². The third-order valence-electron chi connectivity index (χ3n) is 3.72. The number of aliphatic hydroxyl groups excluding tert-OH is 1. The average Bonchev–Trinajstić information content (AvgIpc) is 2.99. The second-order valence-corrected chi connectivity index (χ2v) is 5.42. The van der Waals surface area contributed by atoms with Crippen LogP contribution in [-0.4, -0.2) is 11.0 Å². The van der Waals surface area contributed by atoms with Crippen molar-refractivity contribution in [3.05, 3.63) is 53.2 Å². The van der Waals surface area contributed by atoms with Gasteiger partial charge in [-0.3, -0.25) is 4.79 Å². The highest BCUT2D eigenvalue weighted by Crippen LogP contribution is 2.41. The van der Waals surface area contributed by atoms with Gasteiger partial charge in [-0.1, -0.05) is 0 Å². The minimum Gasteiger partial charge on any atom is -0.466 e. The summed E-state index contributed by atoms with van der Waals surface area (Å²) >= 11 is 0. The van der Waals surface area contributed by atoms with Crippen LogP contribution in [0.5, 0.6) is 0 Å². The lowest BCUT2D eigenvalue weighted by atomic mass is 9.84. The molecule has 2 N–H and O–H groups in total. The van der Waals surface area contributed by atoms with Crippen molar-refractivity contribution in [2.45, 2.75) is 25.4 Å². The van der Waals surface area contributed by atoms with Gasteiger partial charge in [0.15, 0.2) is 0 Å². The lowest BCUT2D eigenvalue weighted by molar-refractivity contribution is -0.119. The zero-order valence-corrected chi connectivity index (χ0v) is 11.1. The largest absolute Gasteiger partial charge is 0.466 e. The number of fused-ring (bicyclic) bond motifs is 1. The number of nitrogens with one attached hydrogen (secondary N) is 1. The first-order valence-electron chi connectivity index (χ1n) is 6.28. The molecule has 0 saturated heterocycles. The lowest BCUT2D eigenvalue weighted by Gasteiger charge is -2.17. The van der Waals surface area contributed by atoms with Crippen LogP contribution in [0.2, 0.25) is 0 Å². The Kier molecular flexibility index (Phi) is 2.69. The Hall–Kier alpha value is -2.14. The average molecular weight is 275 g/mol. The van der Waals surface area contributed by atoms with Crippen LogP contribution in [-0.2, 0) is 10.2 Å². The van der Waals surface area contributed by atoms with E-state index in [0.29, 0.717) is 16.9 Å². The minimum absolute atomic E-state index is 0.190. The van der Waals surface area contributed by atoms with Gasteiger partial charge in [0.1, 0.15) is 17.7 Å². The predicted octanol–water partition coefficient (Wildman–Crippen LogP) is 2.73. The summed E-state index contributed by atoms with van der Waals surface area (Å²) < 4.78 is 19.2. The van der Waals surface area contributed by atoms with Gasteiger partial charge in [-0.05, 0) is 49.2 Å². The van der Waals surface area contributed by atoms with Gasteiger partial charge < -0.3 is 14.8 Å². The molecule has 2 aromatic rings. The lowest BCUT2D eigenvalue weighted by Crippen LogP contribution is -2.26. The summed E-state index contributed by atoms with van der Waals surface area (Å²) in [4.78, 5) is 11.9. The first-order chi connectivity index (χ1) is 9.41. The quantitative estimate of drug-likeness (QED) is 0.885. The maximum Gasteiger partial charge on any atom is 0.234 e. The smallest absolute Gasteiger partial charge is 0.234 e. The van der Waals surface area contributed by atoms with Crippen LogP contribution in [0.15, 0.2) is 34.9 Å². The number of carbonyl (C=O) groups excluding carboxylic acids is 1. The van der Waals surface area contributed by atoms with Gasteiger partial charge in [0.25, 0.3) is 0 Å². The molecule has 1 aromatic heterocycles. The molecule has 2 heterocycles. The Balaban J connectivity index is 2.11. The van der Waals surface area contributed by atoms with E-state index in [1.165, 1.54) is 12.3 Å². The van der Waals surface area contributed by atoms with Crippen molar-refractivity contribution in [2.24, 2.45) is 0 Å². The SMILES string of the molecule is CC1(C)C(=O)Nc2c(F)cc(C(O)c3ccco3)cc21. The Labute approximate surface area is 115 Å². The number of hydrogen-bond donors (Lipinski definition) is 2. The fraction of sp³-hybridized carbons (Fsp3) is 0.267. The number of carbonyl (C=O) groups is 1. The third-order valence-corrected chi connectivity index (χ3v) is 3.72. The summed E-state index contributed by atoms with van der Waals surface area (Å²) in [5, 5.41) is 12.7. The predicted molar refractivity (Wildman–Crippen MR) is 70.8 cm³/mol. The molecule has 1 aliphatic rings. The van der Waals surface area contributed by atoms with Gasteiger partial charge in [0, 0.05) is 0 Å². The molecule has 20 heavy (non-hydrogen) atoms. The van der Waals surface area contributed by atoms with Crippen molar-refractivity contribution in [1.82, 2.24) is 0 Å². The van der Waals surface area contributed by atoms with E-state index in [2.05, 4.69) is 5.32 Å². The molecule has 1 amide bonds. The molecule has 0 aliphatic carbocycles. The van der Waals surface area contributed by atoms with Gasteiger partial charge in [-0.2, -0.15) is 0 Å². The summed E-state index contributed by atoms with van der Waals surface area (Å²) in [5.74, 6) is -0.475. The number of rotatable bonds is 2. The summed E-state index contributed by atoms with van der Waals surface area (Å²) in [5.41, 5.74) is 0.272. The van der Waals surface area contributed by atoms with Gasteiger partial charge in [0.2, 0.25) is 5.91 Å².